The number of rotatable bonds is 4. The molecule has 83 valence electrons. The van der Waals surface area contributed by atoms with E-state index >= 15 is 0 Å². The monoisotopic (exact) mass is 217 g/mol. The number of amides is 1. The van der Waals surface area contributed by atoms with Crippen LogP contribution in [0.4, 0.5) is 5.69 Å². The molecular formula is C11H13N4O. The van der Waals surface area contributed by atoms with Gasteiger partial charge in [-0.15, -0.1) is 0 Å². The maximum Gasteiger partial charge on any atom is 0.233 e. The van der Waals surface area contributed by atoms with Gasteiger partial charge in [0.1, 0.15) is 0 Å². The van der Waals surface area contributed by atoms with E-state index in [4.69, 9.17) is 5.53 Å². The first-order valence-corrected chi connectivity index (χ1v) is 4.83. The predicted molar refractivity (Wildman–Crippen MR) is 62.8 cm³/mol. The highest BCUT2D eigenvalue weighted by molar-refractivity contribution is 6.02. The first kappa shape index (κ1) is 12.1. The van der Waals surface area contributed by atoms with Gasteiger partial charge >= 0.3 is 0 Å². The van der Waals surface area contributed by atoms with Crippen LogP contribution in [0.5, 0.6) is 0 Å². The van der Waals surface area contributed by atoms with Crippen LogP contribution in [0.2, 0.25) is 0 Å². The Morgan fingerprint density at radius 3 is 2.62 bits per heavy atom. The topological polar surface area (TPSA) is 69.1 Å². The van der Waals surface area contributed by atoms with Crippen LogP contribution >= 0.6 is 0 Å². The standard InChI is InChI=1S/C11H13N4O/c1-9(8-13-14-12)11(16)15(2)10-6-4-3-5-7-10/h3-7H,8H2,1-2H3. The maximum absolute atomic E-state index is 11.9. The van der Waals surface area contributed by atoms with E-state index in [0.717, 1.165) is 5.69 Å². The van der Waals surface area contributed by atoms with Crippen molar-refractivity contribution in [3.8, 4) is 0 Å². The summed E-state index contributed by atoms with van der Waals surface area (Å²) in [6.07, 6.45) is 0. The summed E-state index contributed by atoms with van der Waals surface area (Å²) < 4.78 is 0. The smallest absolute Gasteiger partial charge is 0.233 e. The van der Waals surface area contributed by atoms with E-state index in [1.165, 1.54) is 4.90 Å². The molecule has 0 saturated carbocycles. The van der Waals surface area contributed by atoms with Gasteiger partial charge in [0.25, 0.3) is 0 Å². The Morgan fingerprint density at radius 1 is 1.44 bits per heavy atom. The van der Waals surface area contributed by atoms with E-state index in [0.29, 0.717) is 5.92 Å². The molecule has 0 saturated heterocycles. The lowest BCUT2D eigenvalue weighted by molar-refractivity contribution is -0.116. The highest BCUT2D eigenvalue weighted by atomic mass is 16.2. The second kappa shape index (κ2) is 5.78. The zero-order valence-corrected chi connectivity index (χ0v) is 9.29. The Labute approximate surface area is 94.3 Å². The van der Waals surface area contributed by atoms with Gasteiger partial charge in [-0.2, -0.15) is 0 Å². The van der Waals surface area contributed by atoms with E-state index in [9.17, 15) is 4.79 Å². The Kier molecular flexibility index (Phi) is 4.36. The van der Waals surface area contributed by atoms with Gasteiger partial charge in [0.15, 0.2) is 0 Å². The lowest BCUT2D eigenvalue weighted by atomic mass is 10.1. The average molecular weight is 217 g/mol. The molecular weight excluding hydrogens is 204 g/mol. The Morgan fingerprint density at radius 2 is 2.06 bits per heavy atom. The largest absolute Gasteiger partial charge is 0.315 e. The third-order valence-corrected chi connectivity index (χ3v) is 2.18. The molecule has 0 aromatic heterocycles. The third-order valence-electron chi connectivity index (χ3n) is 2.18. The molecule has 0 spiro atoms. The fourth-order valence-corrected chi connectivity index (χ4v) is 1.26. The zero-order valence-electron chi connectivity index (χ0n) is 9.29. The fraction of sp³-hybridized carbons (Fsp3) is 0.273. The molecule has 1 amide bonds. The molecule has 0 atom stereocenters. The Bertz CT molecular complexity index is 398. The minimum Gasteiger partial charge on any atom is -0.315 e. The van der Waals surface area contributed by atoms with Crippen LogP contribution in [-0.4, -0.2) is 19.5 Å². The van der Waals surface area contributed by atoms with E-state index < -0.39 is 0 Å². The highest BCUT2D eigenvalue weighted by Crippen LogP contribution is 2.15. The van der Waals surface area contributed by atoms with Gasteiger partial charge < -0.3 is 4.90 Å². The van der Waals surface area contributed by atoms with E-state index in [-0.39, 0.29) is 12.5 Å². The molecule has 1 rings (SSSR count). The molecule has 0 fully saturated rings. The number of carbonyl (C=O) groups is 1. The van der Waals surface area contributed by atoms with Gasteiger partial charge in [-0.3, -0.25) is 4.79 Å². The number of benzene rings is 1. The molecule has 1 aromatic rings. The number of hydrogen-bond donors (Lipinski definition) is 0. The van der Waals surface area contributed by atoms with Crippen LogP contribution in [-0.2, 0) is 4.79 Å². The van der Waals surface area contributed by atoms with E-state index in [2.05, 4.69) is 10.0 Å². The van der Waals surface area contributed by atoms with Gasteiger partial charge in [-0.25, -0.2) is 0 Å². The number of azide groups is 1. The summed E-state index contributed by atoms with van der Waals surface area (Å²) in [7, 11) is 1.69. The molecule has 0 aliphatic heterocycles. The molecule has 16 heavy (non-hydrogen) atoms. The average Bonchev–Trinajstić information content (AvgIpc) is 2.35. The number of nitrogens with zero attached hydrogens (tertiary/aromatic N) is 4. The number of anilines is 1. The summed E-state index contributed by atoms with van der Waals surface area (Å²) in [5.74, 6) is 0.378. The summed E-state index contributed by atoms with van der Waals surface area (Å²) in [6.45, 7) is 1.77. The van der Waals surface area contributed by atoms with Gasteiger partial charge in [0.2, 0.25) is 5.91 Å². The minimum atomic E-state index is -0.140. The first-order chi connectivity index (χ1) is 7.66. The van der Waals surface area contributed by atoms with Gasteiger partial charge in [0.05, 0.1) is 5.92 Å². The maximum atomic E-state index is 11.9. The normalized spacial score (nSPS) is 9.69. The van der Waals surface area contributed by atoms with Crippen molar-refractivity contribution < 1.29 is 4.79 Å². The lowest BCUT2D eigenvalue weighted by Crippen LogP contribution is -2.31. The van der Waals surface area contributed by atoms with Gasteiger partial charge in [-0.1, -0.05) is 23.3 Å². The van der Waals surface area contributed by atoms with Gasteiger partial charge in [0, 0.05) is 24.2 Å². The van der Waals surface area contributed by atoms with Crippen molar-refractivity contribution in [3.63, 3.8) is 0 Å². The van der Waals surface area contributed by atoms with Crippen molar-refractivity contribution in [1.29, 1.82) is 0 Å². The summed E-state index contributed by atoms with van der Waals surface area (Å²) in [5, 5.41) is 3.36. The van der Waals surface area contributed by atoms with Crippen LogP contribution < -0.4 is 4.90 Å². The van der Waals surface area contributed by atoms with Crippen LogP contribution in [0.15, 0.2) is 35.4 Å². The molecule has 0 heterocycles. The van der Waals surface area contributed by atoms with Crippen molar-refractivity contribution in [3.05, 3.63) is 46.7 Å². The van der Waals surface area contributed by atoms with Crippen molar-refractivity contribution in [2.75, 3.05) is 18.5 Å². The minimum absolute atomic E-state index is 0.104. The van der Waals surface area contributed by atoms with Crippen LogP contribution in [0.3, 0.4) is 0 Å². The quantitative estimate of drug-likeness (QED) is 0.434. The Balaban J connectivity index is 2.71. The highest BCUT2D eigenvalue weighted by Gasteiger charge is 2.18. The summed E-state index contributed by atoms with van der Waals surface area (Å²) in [5.41, 5.74) is 8.99. The molecule has 0 aliphatic carbocycles. The Hall–Kier alpha value is -2.00. The molecule has 5 nitrogen and oxygen atoms in total. The molecule has 1 aromatic carbocycles. The summed E-state index contributed by atoms with van der Waals surface area (Å²) >= 11 is 0. The van der Waals surface area contributed by atoms with Crippen molar-refractivity contribution in [2.45, 2.75) is 6.92 Å². The molecule has 5 heteroatoms. The van der Waals surface area contributed by atoms with Gasteiger partial charge in [-0.05, 0) is 24.6 Å². The van der Waals surface area contributed by atoms with Crippen LogP contribution in [0.1, 0.15) is 6.92 Å². The SMILES string of the molecule is C[C](CN=[N+]=[N-])C(=O)N(C)c1ccccc1. The summed E-state index contributed by atoms with van der Waals surface area (Å²) in [4.78, 5) is 16.0. The zero-order chi connectivity index (χ0) is 12.0. The van der Waals surface area contributed by atoms with Crippen LogP contribution in [0, 0.1) is 5.92 Å². The first-order valence-electron chi connectivity index (χ1n) is 4.83. The fourth-order valence-electron chi connectivity index (χ4n) is 1.26. The van der Waals surface area contributed by atoms with Crippen LogP contribution in [0.25, 0.3) is 10.4 Å². The number of para-hydroxylation sites is 1. The molecule has 0 N–H and O–H groups in total. The van der Waals surface area contributed by atoms with Crippen molar-refractivity contribution >= 4 is 11.6 Å². The second-order valence-electron chi connectivity index (χ2n) is 3.37. The molecule has 1 radical (unpaired) electrons. The third kappa shape index (κ3) is 3.00. The van der Waals surface area contributed by atoms with Crippen molar-refractivity contribution in [1.82, 2.24) is 0 Å². The predicted octanol–water partition coefficient (Wildman–Crippen LogP) is 2.55. The van der Waals surface area contributed by atoms with Crippen molar-refractivity contribution in [2.24, 2.45) is 5.11 Å². The number of hydrogen-bond acceptors (Lipinski definition) is 2. The lowest BCUT2D eigenvalue weighted by Gasteiger charge is -2.20. The second-order valence-corrected chi connectivity index (χ2v) is 3.37. The molecule has 0 unspecified atom stereocenters. The van der Waals surface area contributed by atoms with E-state index in [1.807, 2.05) is 30.3 Å². The number of carbonyl (C=O) groups excluding carboxylic acids is 1. The molecule has 0 bridgehead atoms. The van der Waals surface area contributed by atoms with E-state index in [1.54, 1.807) is 14.0 Å². The summed E-state index contributed by atoms with van der Waals surface area (Å²) in [6, 6.07) is 9.31. The molecule has 0 aliphatic rings.